The number of carbonyl (C=O) groups is 3. The molecule has 0 aliphatic carbocycles. The first-order valence-electron chi connectivity index (χ1n) is 15.5. The van der Waals surface area contributed by atoms with Gasteiger partial charge in [0.15, 0.2) is 0 Å². The van der Waals surface area contributed by atoms with Gasteiger partial charge < -0.3 is 24.8 Å². The van der Waals surface area contributed by atoms with Crippen LogP contribution in [0.2, 0.25) is 0 Å². The van der Waals surface area contributed by atoms with Crippen molar-refractivity contribution < 1.29 is 19.1 Å². The van der Waals surface area contributed by atoms with E-state index in [0.717, 1.165) is 37.3 Å². The van der Waals surface area contributed by atoms with E-state index >= 15 is 0 Å². The standard InChI is InChI=1S/C33H46N6O4/c1-32(2,3)43-31(42)37-17-19-39(20-18-37)33(4,5)30(41)36-15-12-25(13-16-36)24-8-10-27(11-9-24)35-29(40)26-22-38(23-26)28-7-6-14-34-21-28/h6-11,14,21,25-26H,12-13,15-20,22-23H2,1-5H3,(H,35,40). The molecule has 10 nitrogen and oxygen atoms in total. The van der Waals surface area contributed by atoms with Gasteiger partial charge in [0.2, 0.25) is 11.8 Å². The quantitative estimate of drug-likeness (QED) is 0.539. The Balaban J connectivity index is 1.06. The molecule has 2 aromatic rings. The van der Waals surface area contributed by atoms with E-state index in [0.29, 0.717) is 45.2 Å². The van der Waals surface area contributed by atoms with Crippen molar-refractivity contribution in [3.05, 3.63) is 54.4 Å². The molecule has 3 aliphatic rings. The van der Waals surface area contributed by atoms with Crippen LogP contribution in [0.5, 0.6) is 0 Å². The van der Waals surface area contributed by atoms with E-state index in [2.05, 4.69) is 32.2 Å². The fourth-order valence-electron chi connectivity index (χ4n) is 6.19. The molecule has 1 N–H and O–H groups in total. The summed E-state index contributed by atoms with van der Waals surface area (Å²) in [5, 5.41) is 3.07. The van der Waals surface area contributed by atoms with Crippen molar-refractivity contribution in [2.45, 2.75) is 64.5 Å². The smallest absolute Gasteiger partial charge is 0.410 e. The highest BCUT2D eigenvalue weighted by Crippen LogP contribution is 2.31. The normalized spacial score (nSPS) is 19.1. The minimum atomic E-state index is -0.637. The van der Waals surface area contributed by atoms with Gasteiger partial charge in [0.1, 0.15) is 5.60 Å². The Morgan fingerprint density at radius 3 is 2.09 bits per heavy atom. The lowest BCUT2D eigenvalue weighted by molar-refractivity contribution is -0.145. The number of benzene rings is 1. The molecule has 3 aliphatic heterocycles. The lowest BCUT2D eigenvalue weighted by atomic mass is 9.88. The monoisotopic (exact) mass is 590 g/mol. The zero-order chi connectivity index (χ0) is 30.8. The SMILES string of the molecule is CC(C)(C)OC(=O)N1CCN(C(C)(C)C(=O)N2CCC(c3ccc(NC(=O)C4CN(c5cccnc5)C4)cc3)CC2)CC1. The van der Waals surface area contributed by atoms with Crippen LogP contribution in [-0.2, 0) is 14.3 Å². The van der Waals surface area contributed by atoms with E-state index in [1.54, 1.807) is 11.1 Å². The van der Waals surface area contributed by atoms with Crippen LogP contribution in [0, 0.1) is 5.92 Å². The summed E-state index contributed by atoms with van der Waals surface area (Å²) in [4.78, 5) is 51.0. The number of likely N-dealkylation sites (tertiary alicyclic amines) is 1. The number of piperidine rings is 1. The largest absolute Gasteiger partial charge is 0.444 e. The van der Waals surface area contributed by atoms with Gasteiger partial charge in [-0.05, 0) is 83.2 Å². The maximum absolute atomic E-state index is 13.6. The predicted octanol–water partition coefficient (Wildman–Crippen LogP) is 4.19. The van der Waals surface area contributed by atoms with Crippen molar-refractivity contribution in [3.8, 4) is 0 Å². The van der Waals surface area contributed by atoms with Crippen LogP contribution in [0.3, 0.4) is 0 Å². The molecule has 0 unspecified atom stereocenters. The zero-order valence-electron chi connectivity index (χ0n) is 26.2. The summed E-state index contributed by atoms with van der Waals surface area (Å²) >= 11 is 0. The Labute approximate surface area is 255 Å². The number of hydrogen-bond acceptors (Lipinski definition) is 7. The Kier molecular flexibility index (Phi) is 8.96. The molecule has 3 saturated heterocycles. The number of piperazine rings is 1. The summed E-state index contributed by atoms with van der Waals surface area (Å²) in [7, 11) is 0. The number of carbonyl (C=O) groups excluding carboxylic acids is 3. The molecular weight excluding hydrogens is 544 g/mol. The highest BCUT2D eigenvalue weighted by atomic mass is 16.6. The molecule has 232 valence electrons. The van der Waals surface area contributed by atoms with Crippen LogP contribution in [0.25, 0.3) is 0 Å². The third-order valence-corrected chi connectivity index (χ3v) is 8.94. The molecule has 3 fully saturated rings. The van der Waals surface area contributed by atoms with Crippen LogP contribution in [0.15, 0.2) is 48.8 Å². The third kappa shape index (κ3) is 7.29. The first-order valence-corrected chi connectivity index (χ1v) is 15.5. The number of amides is 3. The van der Waals surface area contributed by atoms with Crippen molar-refractivity contribution in [1.29, 1.82) is 0 Å². The number of ether oxygens (including phenoxy) is 1. The molecule has 0 bridgehead atoms. The fourth-order valence-corrected chi connectivity index (χ4v) is 6.19. The summed E-state index contributed by atoms with van der Waals surface area (Å²) in [5.41, 5.74) is 1.95. The van der Waals surface area contributed by atoms with Crippen LogP contribution in [0.1, 0.15) is 58.9 Å². The lowest BCUT2D eigenvalue weighted by Gasteiger charge is -2.45. The number of nitrogens with one attached hydrogen (secondary N) is 1. The average Bonchev–Trinajstić information content (AvgIpc) is 2.96. The van der Waals surface area contributed by atoms with E-state index in [9.17, 15) is 14.4 Å². The second kappa shape index (κ2) is 12.5. The molecule has 4 heterocycles. The van der Waals surface area contributed by atoms with Gasteiger partial charge in [-0.25, -0.2) is 4.79 Å². The topological polar surface area (TPSA) is 98.3 Å². The molecule has 0 spiro atoms. The summed E-state index contributed by atoms with van der Waals surface area (Å²) in [6.07, 6.45) is 5.10. The first kappa shape index (κ1) is 30.8. The number of pyridine rings is 1. The number of aromatic nitrogens is 1. The molecule has 0 saturated carbocycles. The van der Waals surface area contributed by atoms with E-state index in [-0.39, 0.29) is 23.8 Å². The number of nitrogens with zero attached hydrogens (tertiary/aromatic N) is 5. The molecule has 5 rings (SSSR count). The van der Waals surface area contributed by atoms with Gasteiger partial charge in [-0.3, -0.25) is 19.5 Å². The Bertz CT molecular complexity index is 1270. The van der Waals surface area contributed by atoms with Crippen LogP contribution < -0.4 is 10.2 Å². The molecule has 10 heteroatoms. The van der Waals surface area contributed by atoms with E-state index in [1.165, 1.54) is 5.56 Å². The maximum Gasteiger partial charge on any atom is 0.410 e. The van der Waals surface area contributed by atoms with E-state index in [4.69, 9.17) is 4.74 Å². The highest BCUT2D eigenvalue weighted by molar-refractivity contribution is 5.94. The summed E-state index contributed by atoms with van der Waals surface area (Å²) in [5.74, 6) is 0.551. The van der Waals surface area contributed by atoms with Crippen molar-refractivity contribution in [1.82, 2.24) is 19.7 Å². The molecule has 0 radical (unpaired) electrons. The Morgan fingerprint density at radius 1 is 0.860 bits per heavy atom. The van der Waals surface area contributed by atoms with Gasteiger partial charge in [-0.15, -0.1) is 0 Å². The van der Waals surface area contributed by atoms with Gasteiger partial charge in [-0.1, -0.05) is 12.1 Å². The molecule has 0 atom stereocenters. The van der Waals surface area contributed by atoms with Crippen LogP contribution >= 0.6 is 0 Å². The zero-order valence-corrected chi connectivity index (χ0v) is 26.2. The Hall–Kier alpha value is -3.66. The van der Waals surface area contributed by atoms with E-state index < -0.39 is 11.1 Å². The molecule has 3 amide bonds. The van der Waals surface area contributed by atoms with Crippen LogP contribution in [0.4, 0.5) is 16.2 Å². The molecule has 1 aromatic heterocycles. The van der Waals surface area contributed by atoms with Gasteiger partial charge in [-0.2, -0.15) is 0 Å². The van der Waals surface area contributed by atoms with E-state index in [1.807, 2.05) is 70.0 Å². The lowest BCUT2D eigenvalue weighted by Crippen LogP contribution is -2.62. The molecular formula is C33H46N6O4. The van der Waals surface area contributed by atoms with Crippen LogP contribution in [-0.4, -0.2) is 101 Å². The minimum Gasteiger partial charge on any atom is -0.444 e. The van der Waals surface area contributed by atoms with Gasteiger partial charge in [0, 0.05) is 64.2 Å². The summed E-state index contributed by atoms with van der Waals surface area (Å²) in [6, 6.07) is 12.1. The second-order valence-electron chi connectivity index (χ2n) is 13.5. The molecule has 43 heavy (non-hydrogen) atoms. The number of anilines is 2. The second-order valence-corrected chi connectivity index (χ2v) is 13.5. The Morgan fingerprint density at radius 2 is 1.51 bits per heavy atom. The van der Waals surface area contributed by atoms with Gasteiger partial charge >= 0.3 is 6.09 Å². The molecule has 1 aromatic carbocycles. The summed E-state index contributed by atoms with van der Waals surface area (Å²) in [6.45, 7) is 14.8. The van der Waals surface area contributed by atoms with Crippen molar-refractivity contribution >= 4 is 29.3 Å². The minimum absolute atomic E-state index is 0.0279. The van der Waals surface area contributed by atoms with Crippen molar-refractivity contribution in [3.63, 3.8) is 0 Å². The first-order chi connectivity index (χ1) is 20.4. The fraction of sp³-hybridized carbons (Fsp3) is 0.576. The highest BCUT2D eigenvalue weighted by Gasteiger charge is 2.41. The number of rotatable bonds is 6. The van der Waals surface area contributed by atoms with Crippen molar-refractivity contribution in [2.75, 3.05) is 62.6 Å². The average molecular weight is 591 g/mol. The number of hydrogen-bond donors (Lipinski definition) is 1. The van der Waals surface area contributed by atoms with Crippen molar-refractivity contribution in [2.24, 2.45) is 5.92 Å². The third-order valence-electron chi connectivity index (χ3n) is 8.94. The maximum atomic E-state index is 13.6. The predicted molar refractivity (Wildman–Crippen MR) is 167 cm³/mol. The summed E-state index contributed by atoms with van der Waals surface area (Å²) < 4.78 is 5.52. The van der Waals surface area contributed by atoms with Gasteiger partial charge in [0.05, 0.1) is 23.3 Å². The van der Waals surface area contributed by atoms with Gasteiger partial charge in [0.25, 0.3) is 0 Å².